The van der Waals surface area contributed by atoms with Gasteiger partial charge in [-0.3, -0.25) is 4.79 Å². The molecule has 0 saturated heterocycles. The highest BCUT2D eigenvalue weighted by molar-refractivity contribution is 5.31. The summed E-state index contributed by atoms with van der Waals surface area (Å²) in [4.78, 5) is 15.4. The van der Waals surface area contributed by atoms with Gasteiger partial charge in [-0.05, 0) is 6.92 Å². The minimum Gasteiger partial charge on any atom is -0.362 e. The van der Waals surface area contributed by atoms with E-state index in [9.17, 15) is 4.79 Å². The van der Waals surface area contributed by atoms with Crippen LogP contribution in [0, 0.1) is 0 Å². The van der Waals surface area contributed by atoms with Gasteiger partial charge in [0.15, 0.2) is 5.82 Å². The quantitative estimate of drug-likeness (QED) is 0.697. The first-order valence-electron chi connectivity index (χ1n) is 4.19. The topological polar surface area (TPSA) is 46.9 Å². The van der Waals surface area contributed by atoms with Crippen molar-refractivity contribution in [2.45, 2.75) is 13.5 Å². The van der Waals surface area contributed by atoms with Crippen molar-refractivity contribution in [3.63, 3.8) is 0 Å². The molecule has 70 valence electrons. The van der Waals surface area contributed by atoms with Crippen molar-refractivity contribution in [1.82, 2.24) is 9.55 Å². The van der Waals surface area contributed by atoms with Crippen molar-refractivity contribution < 1.29 is 0 Å². The second-order valence-electron chi connectivity index (χ2n) is 2.54. The summed E-state index contributed by atoms with van der Waals surface area (Å²) in [7, 11) is 0. The molecule has 1 N–H and O–H groups in total. The molecule has 4 heteroatoms. The zero-order chi connectivity index (χ0) is 9.68. The van der Waals surface area contributed by atoms with E-state index in [1.165, 1.54) is 0 Å². The highest BCUT2D eigenvalue weighted by atomic mass is 16.1. The Morgan fingerprint density at radius 2 is 2.54 bits per heavy atom. The summed E-state index contributed by atoms with van der Waals surface area (Å²) in [6.45, 7) is 6.67. The Morgan fingerprint density at radius 1 is 1.77 bits per heavy atom. The summed E-state index contributed by atoms with van der Waals surface area (Å²) in [5.41, 5.74) is -0.0909. The molecular formula is C9H13N3O. The van der Waals surface area contributed by atoms with E-state index in [2.05, 4.69) is 16.9 Å². The number of rotatable bonds is 4. The molecule has 0 aliphatic rings. The van der Waals surface area contributed by atoms with E-state index < -0.39 is 0 Å². The first-order valence-corrected chi connectivity index (χ1v) is 4.19. The first-order chi connectivity index (χ1) is 6.29. The standard InChI is InChI=1S/C9H13N3O/c1-3-5-10-8-9(13)12(4-2)7-6-11-8/h3,6-7H,1,4-5H2,2H3,(H,10,11). The van der Waals surface area contributed by atoms with Crippen LogP contribution in [0.5, 0.6) is 0 Å². The van der Waals surface area contributed by atoms with Gasteiger partial charge in [0, 0.05) is 25.5 Å². The maximum absolute atomic E-state index is 11.5. The van der Waals surface area contributed by atoms with Gasteiger partial charge in [0.2, 0.25) is 0 Å². The van der Waals surface area contributed by atoms with E-state index in [-0.39, 0.29) is 5.56 Å². The van der Waals surface area contributed by atoms with Crippen molar-refractivity contribution in [2.24, 2.45) is 0 Å². The largest absolute Gasteiger partial charge is 0.362 e. The van der Waals surface area contributed by atoms with Crippen LogP contribution in [-0.2, 0) is 6.54 Å². The van der Waals surface area contributed by atoms with Gasteiger partial charge in [-0.1, -0.05) is 6.08 Å². The number of aromatic nitrogens is 2. The molecule has 0 atom stereocenters. The van der Waals surface area contributed by atoms with Gasteiger partial charge in [0.05, 0.1) is 0 Å². The van der Waals surface area contributed by atoms with E-state index in [0.717, 1.165) is 0 Å². The van der Waals surface area contributed by atoms with E-state index in [1.54, 1.807) is 23.0 Å². The highest BCUT2D eigenvalue weighted by Gasteiger charge is 2.00. The van der Waals surface area contributed by atoms with Gasteiger partial charge in [-0.25, -0.2) is 4.98 Å². The Bertz CT molecular complexity index is 343. The fraction of sp³-hybridized carbons (Fsp3) is 0.333. The molecule has 0 aromatic carbocycles. The lowest BCUT2D eigenvalue weighted by molar-refractivity contribution is 0.719. The van der Waals surface area contributed by atoms with Crippen molar-refractivity contribution in [1.29, 1.82) is 0 Å². The maximum Gasteiger partial charge on any atom is 0.293 e. The molecule has 0 spiro atoms. The molecule has 0 amide bonds. The normalized spacial score (nSPS) is 9.62. The lowest BCUT2D eigenvalue weighted by Gasteiger charge is -2.04. The van der Waals surface area contributed by atoms with Gasteiger partial charge in [-0.2, -0.15) is 0 Å². The van der Waals surface area contributed by atoms with E-state index in [1.807, 2.05) is 6.92 Å². The lowest BCUT2D eigenvalue weighted by atomic mass is 10.5. The Labute approximate surface area is 76.9 Å². The van der Waals surface area contributed by atoms with Crippen molar-refractivity contribution in [3.05, 3.63) is 35.4 Å². The summed E-state index contributed by atoms with van der Waals surface area (Å²) in [6.07, 6.45) is 4.96. The molecule has 0 saturated carbocycles. The monoisotopic (exact) mass is 179 g/mol. The molecule has 0 unspecified atom stereocenters. The Hall–Kier alpha value is -1.58. The maximum atomic E-state index is 11.5. The molecule has 1 aromatic rings. The highest BCUT2D eigenvalue weighted by Crippen LogP contribution is 1.91. The van der Waals surface area contributed by atoms with Gasteiger partial charge >= 0.3 is 0 Å². The molecule has 1 rings (SSSR count). The molecule has 0 aliphatic carbocycles. The zero-order valence-electron chi connectivity index (χ0n) is 7.66. The summed E-state index contributed by atoms with van der Waals surface area (Å²) in [6, 6.07) is 0. The fourth-order valence-corrected chi connectivity index (χ4v) is 0.986. The summed E-state index contributed by atoms with van der Waals surface area (Å²) in [5, 5.41) is 2.87. The number of anilines is 1. The number of nitrogens with zero attached hydrogens (tertiary/aromatic N) is 2. The third-order valence-electron chi connectivity index (χ3n) is 1.67. The predicted molar refractivity (Wildman–Crippen MR) is 52.9 cm³/mol. The third-order valence-corrected chi connectivity index (χ3v) is 1.67. The Morgan fingerprint density at radius 3 is 3.15 bits per heavy atom. The van der Waals surface area contributed by atoms with Crippen LogP contribution in [0.4, 0.5) is 5.82 Å². The van der Waals surface area contributed by atoms with E-state index in [0.29, 0.717) is 18.9 Å². The molecule has 1 aromatic heterocycles. The van der Waals surface area contributed by atoms with Crippen LogP contribution in [0.2, 0.25) is 0 Å². The molecule has 0 bridgehead atoms. The first kappa shape index (κ1) is 9.51. The van der Waals surface area contributed by atoms with Crippen LogP contribution < -0.4 is 10.9 Å². The number of hydrogen-bond donors (Lipinski definition) is 1. The van der Waals surface area contributed by atoms with Gasteiger partial charge in [0.1, 0.15) is 0 Å². The molecular weight excluding hydrogens is 166 g/mol. The molecule has 0 radical (unpaired) electrons. The summed E-state index contributed by atoms with van der Waals surface area (Å²) < 4.78 is 1.60. The number of hydrogen-bond acceptors (Lipinski definition) is 3. The molecule has 0 aliphatic heterocycles. The van der Waals surface area contributed by atoms with Crippen molar-refractivity contribution >= 4 is 5.82 Å². The van der Waals surface area contributed by atoms with Crippen LogP contribution in [0.15, 0.2) is 29.8 Å². The van der Waals surface area contributed by atoms with Crippen LogP contribution in [-0.4, -0.2) is 16.1 Å². The minimum atomic E-state index is -0.0909. The smallest absolute Gasteiger partial charge is 0.293 e. The lowest BCUT2D eigenvalue weighted by Crippen LogP contribution is -2.23. The van der Waals surface area contributed by atoms with Gasteiger partial charge < -0.3 is 9.88 Å². The van der Waals surface area contributed by atoms with Gasteiger partial charge in [0.25, 0.3) is 5.56 Å². The molecule has 4 nitrogen and oxygen atoms in total. The number of aryl methyl sites for hydroxylation is 1. The fourth-order valence-electron chi connectivity index (χ4n) is 0.986. The molecule has 0 fully saturated rings. The van der Waals surface area contributed by atoms with Crippen LogP contribution in [0.1, 0.15) is 6.92 Å². The minimum absolute atomic E-state index is 0.0909. The van der Waals surface area contributed by atoms with Crippen molar-refractivity contribution in [3.8, 4) is 0 Å². The van der Waals surface area contributed by atoms with Crippen LogP contribution in [0.3, 0.4) is 0 Å². The van der Waals surface area contributed by atoms with Crippen LogP contribution in [0.25, 0.3) is 0 Å². The summed E-state index contributed by atoms with van der Waals surface area (Å²) >= 11 is 0. The van der Waals surface area contributed by atoms with Crippen LogP contribution >= 0.6 is 0 Å². The average Bonchev–Trinajstić information content (AvgIpc) is 2.16. The molecule has 1 heterocycles. The second kappa shape index (κ2) is 4.45. The predicted octanol–water partition coefficient (Wildman–Crippen LogP) is 0.861. The zero-order valence-corrected chi connectivity index (χ0v) is 7.66. The SMILES string of the molecule is C=CCNc1nccn(CC)c1=O. The van der Waals surface area contributed by atoms with E-state index in [4.69, 9.17) is 0 Å². The van der Waals surface area contributed by atoms with Crippen molar-refractivity contribution in [2.75, 3.05) is 11.9 Å². The second-order valence-corrected chi connectivity index (χ2v) is 2.54. The molecule has 13 heavy (non-hydrogen) atoms. The van der Waals surface area contributed by atoms with Gasteiger partial charge in [-0.15, -0.1) is 6.58 Å². The summed E-state index contributed by atoms with van der Waals surface area (Å²) in [5.74, 6) is 0.379. The van der Waals surface area contributed by atoms with E-state index >= 15 is 0 Å². The average molecular weight is 179 g/mol. The Balaban J connectivity index is 2.94. The Kier molecular flexibility index (Phi) is 3.25. The number of nitrogens with one attached hydrogen (secondary N) is 1. The third kappa shape index (κ3) is 2.18.